The molecule has 0 atom stereocenters. The fourth-order valence-electron chi connectivity index (χ4n) is 2.03. The van der Waals surface area contributed by atoms with Gasteiger partial charge in [0.2, 0.25) is 0 Å². The third-order valence-electron chi connectivity index (χ3n) is 3.08. The van der Waals surface area contributed by atoms with Crippen LogP contribution in [0.4, 0.5) is 4.39 Å². The Bertz CT molecular complexity index is 806. The van der Waals surface area contributed by atoms with Crippen LogP contribution in [0, 0.1) is 5.82 Å². The van der Waals surface area contributed by atoms with Crippen molar-refractivity contribution in [2.75, 3.05) is 0 Å². The highest BCUT2D eigenvalue weighted by molar-refractivity contribution is 6.06. The zero-order valence-corrected chi connectivity index (χ0v) is 11.0. The minimum Gasteiger partial charge on any atom is -0.360 e. The number of H-pyrrole nitrogens is 1. The highest BCUT2D eigenvalue weighted by Gasteiger charge is 2.10. The van der Waals surface area contributed by atoms with Crippen molar-refractivity contribution in [3.63, 3.8) is 0 Å². The van der Waals surface area contributed by atoms with Gasteiger partial charge in [-0.1, -0.05) is 30.3 Å². The van der Waals surface area contributed by atoms with Gasteiger partial charge in [-0.05, 0) is 23.8 Å². The molecule has 3 aromatic rings. The van der Waals surface area contributed by atoms with Gasteiger partial charge < -0.3 is 4.98 Å². The number of carbonyl (C=O) groups is 1. The van der Waals surface area contributed by atoms with E-state index in [0.29, 0.717) is 11.1 Å². The van der Waals surface area contributed by atoms with Gasteiger partial charge in [0.15, 0.2) is 0 Å². The molecular weight excluding hydrogens is 269 g/mol. The molecule has 2 N–H and O–H groups in total. The van der Waals surface area contributed by atoms with E-state index in [2.05, 4.69) is 15.5 Å². The molecule has 0 saturated carbocycles. The normalized spacial score (nSPS) is 11.1. The van der Waals surface area contributed by atoms with Gasteiger partial charge in [-0.3, -0.25) is 4.79 Å². The molecule has 0 aliphatic rings. The number of hydrogen-bond acceptors (Lipinski definition) is 2. The molecule has 4 nitrogen and oxygen atoms in total. The van der Waals surface area contributed by atoms with Gasteiger partial charge in [-0.15, -0.1) is 0 Å². The second-order valence-electron chi connectivity index (χ2n) is 4.50. The number of benzene rings is 2. The predicted molar refractivity (Wildman–Crippen MR) is 79.8 cm³/mol. The van der Waals surface area contributed by atoms with Crippen LogP contribution in [0.5, 0.6) is 0 Å². The summed E-state index contributed by atoms with van der Waals surface area (Å²) in [7, 11) is 0. The number of nitrogens with one attached hydrogen (secondary N) is 2. The predicted octanol–water partition coefficient (Wildman–Crippen LogP) is 3.07. The quantitative estimate of drug-likeness (QED) is 0.562. The summed E-state index contributed by atoms with van der Waals surface area (Å²) in [4.78, 5) is 15.1. The minimum absolute atomic E-state index is 0.300. The SMILES string of the molecule is O=C(N/N=C\c1ccc(F)cc1)c1c[nH]c2ccccc12. The average Bonchev–Trinajstić information content (AvgIpc) is 2.93. The smallest absolute Gasteiger partial charge is 0.273 e. The van der Waals surface area contributed by atoms with Gasteiger partial charge in [0.05, 0.1) is 11.8 Å². The van der Waals surface area contributed by atoms with Crippen LogP contribution in [0.15, 0.2) is 59.8 Å². The Morgan fingerprint density at radius 1 is 1.14 bits per heavy atom. The summed E-state index contributed by atoms with van der Waals surface area (Å²) in [5.74, 6) is -0.610. The molecule has 2 aromatic carbocycles. The summed E-state index contributed by atoms with van der Waals surface area (Å²) in [5.41, 5.74) is 4.58. The lowest BCUT2D eigenvalue weighted by Gasteiger charge is -1.98. The van der Waals surface area contributed by atoms with Gasteiger partial charge in [0.1, 0.15) is 5.82 Å². The Morgan fingerprint density at radius 3 is 2.71 bits per heavy atom. The molecule has 0 spiro atoms. The zero-order chi connectivity index (χ0) is 14.7. The second kappa shape index (κ2) is 5.58. The first-order valence-electron chi connectivity index (χ1n) is 6.39. The van der Waals surface area contributed by atoms with Gasteiger partial charge in [0, 0.05) is 17.1 Å². The molecule has 104 valence electrons. The van der Waals surface area contributed by atoms with Crippen LogP contribution in [0.2, 0.25) is 0 Å². The first-order valence-corrected chi connectivity index (χ1v) is 6.39. The highest BCUT2D eigenvalue weighted by Crippen LogP contribution is 2.17. The van der Waals surface area contributed by atoms with E-state index in [-0.39, 0.29) is 11.7 Å². The topological polar surface area (TPSA) is 57.2 Å². The van der Waals surface area contributed by atoms with Crippen molar-refractivity contribution in [2.24, 2.45) is 5.10 Å². The number of rotatable bonds is 3. The van der Waals surface area contributed by atoms with Crippen LogP contribution >= 0.6 is 0 Å². The fraction of sp³-hybridized carbons (Fsp3) is 0. The van der Waals surface area contributed by atoms with E-state index < -0.39 is 0 Å². The molecular formula is C16H12FN3O. The molecule has 5 heteroatoms. The number of amides is 1. The molecule has 0 aliphatic carbocycles. The van der Waals surface area contributed by atoms with Crippen molar-refractivity contribution in [3.8, 4) is 0 Å². The van der Waals surface area contributed by atoms with Crippen LogP contribution in [0.3, 0.4) is 0 Å². The fourth-order valence-corrected chi connectivity index (χ4v) is 2.03. The van der Waals surface area contributed by atoms with E-state index >= 15 is 0 Å². The minimum atomic E-state index is -0.310. The van der Waals surface area contributed by atoms with Gasteiger partial charge in [0.25, 0.3) is 5.91 Å². The van der Waals surface area contributed by atoms with E-state index in [1.54, 1.807) is 18.3 Å². The Morgan fingerprint density at radius 2 is 1.90 bits per heavy atom. The van der Waals surface area contributed by atoms with Crippen molar-refractivity contribution < 1.29 is 9.18 Å². The zero-order valence-electron chi connectivity index (χ0n) is 11.0. The first-order chi connectivity index (χ1) is 10.2. The summed E-state index contributed by atoms with van der Waals surface area (Å²) in [6, 6.07) is 13.4. The van der Waals surface area contributed by atoms with Crippen LogP contribution < -0.4 is 5.43 Å². The molecule has 1 heterocycles. The molecule has 0 fully saturated rings. The van der Waals surface area contributed by atoms with Crippen molar-refractivity contribution in [2.45, 2.75) is 0 Å². The summed E-state index contributed by atoms with van der Waals surface area (Å²) in [6.07, 6.45) is 3.11. The third kappa shape index (κ3) is 2.81. The lowest BCUT2D eigenvalue weighted by molar-refractivity contribution is 0.0957. The summed E-state index contributed by atoms with van der Waals surface area (Å²) < 4.78 is 12.8. The third-order valence-corrected chi connectivity index (χ3v) is 3.08. The van der Waals surface area contributed by atoms with E-state index in [4.69, 9.17) is 0 Å². The Labute approximate surface area is 120 Å². The summed E-state index contributed by atoms with van der Waals surface area (Å²) >= 11 is 0. The van der Waals surface area contributed by atoms with Crippen LogP contribution in [0.1, 0.15) is 15.9 Å². The lowest BCUT2D eigenvalue weighted by Crippen LogP contribution is -2.17. The number of aromatic nitrogens is 1. The van der Waals surface area contributed by atoms with E-state index in [1.165, 1.54) is 18.3 Å². The number of aromatic amines is 1. The molecule has 0 saturated heterocycles. The molecule has 0 unspecified atom stereocenters. The monoisotopic (exact) mass is 281 g/mol. The molecule has 3 rings (SSSR count). The van der Waals surface area contributed by atoms with Crippen LogP contribution in [0.25, 0.3) is 10.9 Å². The van der Waals surface area contributed by atoms with E-state index in [0.717, 1.165) is 10.9 Å². The van der Waals surface area contributed by atoms with Crippen LogP contribution in [-0.2, 0) is 0 Å². The van der Waals surface area contributed by atoms with Crippen molar-refractivity contribution in [1.29, 1.82) is 0 Å². The second-order valence-corrected chi connectivity index (χ2v) is 4.50. The molecule has 0 radical (unpaired) electrons. The van der Waals surface area contributed by atoms with Crippen molar-refractivity contribution in [3.05, 3.63) is 71.7 Å². The number of carbonyl (C=O) groups excluding carboxylic acids is 1. The van der Waals surface area contributed by atoms with Gasteiger partial charge in [-0.2, -0.15) is 5.10 Å². The molecule has 1 aromatic heterocycles. The van der Waals surface area contributed by atoms with Crippen molar-refractivity contribution in [1.82, 2.24) is 10.4 Å². The number of hydrazone groups is 1. The molecule has 21 heavy (non-hydrogen) atoms. The van der Waals surface area contributed by atoms with Gasteiger partial charge >= 0.3 is 0 Å². The standard InChI is InChI=1S/C16H12FN3O/c17-12-7-5-11(6-8-12)9-19-20-16(21)14-10-18-15-4-2-1-3-13(14)15/h1-10,18H,(H,20,21)/b19-9-. The molecule has 0 bridgehead atoms. The molecule has 1 amide bonds. The Kier molecular flexibility index (Phi) is 3.47. The average molecular weight is 281 g/mol. The van der Waals surface area contributed by atoms with Crippen LogP contribution in [-0.4, -0.2) is 17.1 Å². The summed E-state index contributed by atoms with van der Waals surface area (Å²) in [6.45, 7) is 0. The highest BCUT2D eigenvalue weighted by atomic mass is 19.1. The largest absolute Gasteiger partial charge is 0.360 e. The number of para-hydroxylation sites is 1. The number of nitrogens with zero attached hydrogens (tertiary/aromatic N) is 1. The molecule has 0 aliphatic heterocycles. The van der Waals surface area contributed by atoms with Gasteiger partial charge in [-0.25, -0.2) is 9.82 Å². The Balaban J connectivity index is 1.73. The van der Waals surface area contributed by atoms with E-state index in [9.17, 15) is 9.18 Å². The summed E-state index contributed by atoms with van der Waals surface area (Å²) in [5, 5.41) is 4.71. The maximum atomic E-state index is 12.8. The Hall–Kier alpha value is -2.95. The lowest BCUT2D eigenvalue weighted by atomic mass is 10.2. The van der Waals surface area contributed by atoms with E-state index in [1.807, 2.05) is 24.3 Å². The first kappa shape index (κ1) is 13.1. The maximum Gasteiger partial charge on any atom is 0.273 e. The number of halogens is 1. The maximum absolute atomic E-state index is 12.8. The van der Waals surface area contributed by atoms with Crippen molar-refractivity contribution >= 4 is 23.0 Å². The number of fused-ring (bicyclic) bond motifs is 1. The number of hydrogen-bond donors (Lipinski definition) is 2.